The van der Waals surface area contributed by atoms with Crippen LogP contribution in [0.25, 0.3) is 16.9 Å². The first kappa shape index (κ1) is 28.2. The fourth-order valence-corrected chi connectivity index (χ4v) is 5.89. The molecule has 1 fully saturated rings. The van der Waals surface area contributed by atoms with Gasteiger partial charge in [-0.2, -0.15) is 0 Å². The number of fused-ring (bicyclic) bond motifs is 1. The van der Waals surface area contributed by atoms with Gasteiger partial charge in [0.25, 0.3) is 5.56 Å². The minimum absolute atomic E-state index is 0.0760. The molecule has 1 aliphatic heterocycles. The van der Waals surface area contributed by atoms with E-state index >= 15 is 0 Å². The van der Waals surface area contributed by atoms with Crippen molar-refractivity contribution in [2.45, 2.75) is 57.8 Å². The quantitative estimate of drug-likeness (QED) is 0.332. The summed E-state index contributed by atoms with van der Waals surface area (Å²) >= 11 is 0. The van der Waals surface area contributed by atoms with Gasteiger partial charge in [-0.25, -0.2) is 22.6 Å². The van der Waals surface area contributed by atoms with E-state index in [1.54, 1.807) is 17.5 Å². The lowest BCUT2D eigenvalue weighted by molar-refractivity contribution is 0.0376. The summed E-state index contributed by atoms with van der Waals surface area (Å²) in [4.78, 5) is 22.9. The van der Waals surface area contributed by atoms with Crippen LogP contribution in [0.2, 0.25) is 0 Å². The van der Waals surface area contributed by atoms with Crippen LogP contribution in [0.3, 0.4) is 0 Å². The second-order valence-electron chi connectivity index (χ2n) is 9.43. The number of nitrogens with zero attached hydrogens (tertiary/aromatic N) is 4. The number of aryl methyl sites for hydroxylation is 1. The number of morpholine rings is 1. The Labute approximate surface area is 223 Å². The maximum atomic E-state index is 13.1. The molecule has 0 aliphatic carbocycles. The van der Waals surface area contributed by atoms with Gasteiger partial charge >= 0.3 is 0 Å². The second kappa shape index (κ2) is 12.4. The van der Waals surface area contributed by atoms with Crippen LogP contribution in [0.1, 0.15) is 57.5 Å². The van der Waals surface area contributed by atoms with Gasteiger partial charge < -0.3 is 14.5 Å². The molecule has 3 aromatic rings. The number of H-pyrrole nitrogens is 1. The predicted molar refractivity (Wildman–Crippen MR) is 145 cm³/mol. The molecule has 2 N–H and O–H groups in total. The van der Waals surface area contributed by atoms with E-state index in [4.69, 9.17) is 14.6 Å². The Bertz CT molecular complexity index is 1410. The summed E-state index contributed by atoms with van der Waals surface area (Å²) in [5, 5.41) is 4.72. The molecule has 208 valence electrons. The van der Waals surface area contributed by atoms with Crippen LogP contribution in [-0.2, 0) is 14.8 Å². The third-order valence-corrected chi connectivity index (χ3v) is 8.37. The van der Waals surface area contributed by atoms with E-state index in [1.165, 1.54) is 12.1 Å². The van der Waals surface area contributed by atoms with Crippen molar-refractivity contribution >= 4 is 15.5 Å². The Morgan fingerprint density at radius 2 is 1.92 bits per heavy atom. The third kappa shape index (κ3) is 6.09. The summed E-state index contributed by atoms with van der Waals surface area (Å²) in [6.07, 6.45) is 2.40. The maximum absolute atomic E-state index is 13.1. The summed E-state index contributed by atoms with van der Waals surface area (Å²) in [6, 6.07) is 4.61. The van der Waals surface area contributed by atoms with Crippen LogP contribution in [0.5, 0.6) is 5.75 Å². The number of aromatic amines is 1. The first-order chi connectivity index (χ1) is 18.3. The van der Waals surface area contributed by atoms with Crippen molar-refractivity contribution in [3.05, 3.63) is 40.1 Å². The lowest BCUT2D eigenvalue weighted by Crippen LogP contribution is -2.38. The van der Waals surface area contributed by atoms with Crippen molar-refractivity contribution in [2.24, 2.45) is 0 Å². The van der Waals surface area contributed by atoms with Crippen LogP contribution < -0.4 is 15.0 Å². The van der Waals surface area contributed by atoms with E-state index in [2.05, 4.69) is 33.4 Å². The Balaban J connectivity index is 1.66. The number of nitrogens with one attached hydrogen (secondary N) is 2. The molecule has 4 rings (SSSR count). The van der Waals surface area contributed by atoms with E-state index < -0.39 is 10.0 Å². The Kier molecular flexibility index (Phi) is 9.19. The van der Waals surface area contributed by atoms with Crippen LogP contribution >= 0.6 is 0 Å². The molecule has 3 heterocycles. The standard InChI is InChI=1S/C26H38N6O5S/c1-5-19(6-2)25-28-18(4)23-26(33)29-24(30-32(23)25)21-17-20(9-10-22(21)37-7-3)38(34,35)27-11-8-12-31-13-15-36-16-14-31/h9-10,17,19,27H,5-8,11-16H2,1-4H3,(H,29,30,33). The zero-order valence-electron chi connectivity index (χ0n) is 22.6. The highest BCUT2D eigenvalue weighted by molar-refractivity contribution is 7.89. The molecule has 0 saturated carbocycles. The fraction of sp³-hybridized carbons (Fsp3) is 0.577. The molecule has 12 heteroatoms. The van der Waals surface area contributed by atoms with E-state index in [-0.39, 0.29) is 22.2 Å². The molecule has 1 aliphatic rings. The van der Waals surface area contributed by atoms with Gasteiger partial charge in [0.2, 0.25) is 10.0 Å². The van der Waals surface area contributed by atoms with E-state index in [9.17, 15) is 13.2 Å². The zero-order valence-corrected chi connectivity index (χ0v) is 23.4. The minimum atomic E-state index is -3.79. The van der Waals surface area contributed by atoms with Crippen molar-refractivity contribution in [2.75, 3.05) is 46.0 Å². The number of benzene rings is 1. The number of hydrogen-bond donors (Lipinski definition) is 2. The molecule has 0 spiro atoms. The van der Waals surface area contributed by atoms with Gasteiger partial charge in [0, 0.05) is 25.6 Å². The van der Waals surface area contributed by atoms with Crippen molar-refractivity contribution in [1.29, 1.82) is 0 Å². The highest BCUT2D eigenvalue weighted by Crippen LogP contribution is 2.31. The van der Waals surface area contributed by atoms with Gasteiger partial charge in [0.05, 0.1) is 36.0 Å². The van der Waals surface area contributed by atoms with Crippen LogP contribution in [-0.4, -0.2) is 78.9 Å². The molecule has 38 heavy (non-hydrogen) atoms. The Morgan fingerprint density at radius 3 is 2.61 bits per heavy atom. The van der Waals surface area contributed by atoms with Gasteiger partial charge in [-0.1, -0.05) is 13.8 Å². The van der Waals surface area contributed by atoms with Crippen LogP contribution in [0.15, 0.2) is 27.9 Å². The number of rotatable bonds is 12. The molecule has 11 nitrogen and oxygen atoms in total. The highest BCUT2D eigenvalue weighted by Gasteiger charge is 2.23. The summed E-state index contributed by atoms with van der Waals surface area (Å²) < 4.78 is 41.7. The average molecular weight is 547 g/mol. The first-order valence-electron chi connectivity index (χ1n) is 13.4. The van der Waals surface area contributed by atoms with E-state index in [0.717, 1.165) is 38.3 Å². The van der Waals surface area contributed by atoms with Gasteiger partial charge in [0.1, 0.15) is 11.6 Å². The molecule has 0 amide bonds. The van der Waals surface area contributed by atoms with Gasteiger partial charge in [-0.05, 0) is 57.9 Å². The highest BCUT2D eigenvalue weighted by atomic mass is 32.2. The monoisotopic (exact) mass is 546 g/mol. The average Bonchev–Trinajstić information content (AvgIpc) is 3.24. The predicted octanol–water partition coefficient (Wildman–Crippen LogP) is 2.70. The number of sulfonamides is 1. The van der Waals surface area contributed by atoms with Gasteiger partial charge in [-0.3, -0.25) is 9.69 Å². The summed E-state index contributed by atoms with van der Waals surface area (Å²) in [6.45, 7) is 12.4. The van der Waals surface area contributed by atoms with Crippen molar-refractivity contribution in [1.82, 2.24) is 29.2 Å². The molecule has 0 unspecified atom stereocenters. The molecule has 2 aromatic heterocycles. The third-order valence-electron chi connectivity index (χ3n) is 6.91. The minimum Gasteiger partial charge on any atom is -0.493 e. The fourth-order valence-electron chi connectivity index (χ4n) is 4.79. The molecule has 0 atom stereocenters. The second-order valence-corrected chi connectivity index (χ2v) is 11.2. The summed E-state index contributed by atoms with van der Waals surface area (Å²) in [7, 11) is -3.79. The van der Waals surface area contributed by atoms with Gasteiger partial charge in [0.15, 0.2) is 11.3 Å². The van der Waals surface area contributed by atoms with Crippen molar-refractivity contribution < 1.29 is 17.9 Å². The van der Waals surface area contributed by atoms with Crippen LogP contribution in [0, 0.1) is 6.92 Å². The Morgan fingerprint density at radius 1 is 1.18 bits per heavy atom. The van der Waals surface area contributed by atoms with Gasteiger partial charge in [-0.15, -0.1) is 5.10 Å². The van der Waals surface area contributed by atoms with Crippen molar-refractivity contribution in [3.8, 4) is 17.1 Å². The van der Waals surface area contributed by atoms with Crippen molar-refractivity contribution in [3.63, 3.8) is 0 Å². The number of hydrogen-bond acceptors (Lipinski definition) is 8. The Hall–Kier alpha value is -2.80. The smallest absolute Gasteiger partial charge is 0.277 e. The zero-order chi connectivity index (χ0) is 27.3. The number of ether oxygens (including phenoxy) is 2. The summed E-state index contributed by atoms with van der Waals surface area (Å²) in [5.41, 5.74) is 1.05. The summed E-state index contributed by atoms with van der Waals surface area (Å²) in [5.74, 6) is 1.51. The number of imidazole rings is 1. The largest absolute Gasteiger partial charge is 0.493 e. The number of aromatic nitrogens is 4. The molecule has 1 saturated heterocycles. The lowest BCUT2D eigenvalue weighted by atomic mass is 10.0. The molecule has 1 aromatic carbocycles. The van der Waals surface area contributed by atoms with Crippen LogP contribution in [0.4, 0.5) is 0 Å². The molecular formula is C26H38N6O5S. The van der Waals surface area contributed by atoms with E-state index in [1.807, 2.05) is 6.92 Å². The SMILES string of the molecule is CCOc1ccc(S(=O)(=O)NCCCN2CCOCC2)cc1-c1nn2c(C(CC)CC)nc(C)c2c(=O)[nH]1. The maximum Gasteiger partial charge on any atom is 0.277 e. The molecular weight excluding hydrogens is 508 g/mol. The molecule has 0 radical (unpaired) electrons. The molecule has 0 bridgehead atoms. The normalized spacial score (nSPS) is 15.0. The van der Waals surface area contributed by atoms with E-state index in [0.29, 0.717) is 55.3 Å². The topological polar surface area (TPSA) is 131 Å². The lowest BCUT2D eigenvalue weighted by Gasteiger charge is -2.26. The first-order valence-corrected chi connectivity index (χ1v) is 14.8.